The van der Waals surface area contributed by atoms with Gasteiger partial charge in [-0.25, -0.2) is 4.98 Å². The van der Waals surface area contributed by atoms with Crippen molar-refractivity contribution in [2.45, 2.75) is 26.2 Å². The molecule has 3 aromatic carbocycles. The van der Waals surface area contributed by atoms with Crippen LogP contribution in [0.2, 0.25) is 5.02 Å². The zero-order valence-electron chi connectivity index (χ0n) is 22.2. The van der Waals surface area contributed by atoms with E-state index in [2.05, 4.69) is 33.3 Å². The van der Waals surface area contributed by atoms with Crippen LogP contribution in [0.4, 0.5) is 5.69 Å². The molecule has 1 aromatic heterocycles. The number of methoxy groups -OCH3 is 2. The van der Waals surface area contributed by atoms with Gasteiger partial charge in [0, 0.05) is 27.2 Å². The van der Waals surface area contributed by atoms with Gasteiger partial charge >= 0.3 is 0 Å². The fourth-order valence-corrected chi connectivity index (χ4v) is 4.41. The van der Waals surface area contributed by atoms with Gasteiger partial charge in [-0.05, 0) is 61.0 Å². The minimum atomic E-state index is -0.369. The number of nitrogens with one attached hydrogen (secondary N) is 1. The molecular weight excluding hydrogens is 600 g/mol. The van der Waals surface area contributed by atoms with Gasteiger partial charge in [-0.3, -0.25) is 9.59 Å². The Morgan fingerprint density at radius 1 is 1.10 bits per heavy atom. The third-order valence-corrected chi connectivity index (χ3v) is 6.66. The number of halogens is 2. The molecule has 4 rings (SSSR count). The first kappa shape index (κ1) is 29.1. The number of carbonyl (C=O) groups is 1. The number of hydrogen-bond acceptors (Lipinski definition) is 7. The second kappa shape index (κ2) is 13.5. The summed E-state index contributed by atoms with van der Waals surface area (Å²) < 4.78 is 18.9. The van der Waals surface area contributed by atoms with Crippen LogP contribution < -0.4 is 25.1 Å². The van der Waals surface area contributed by atoms with Gasteiger partial charge in [0.2, 0.25) is 5.75 Å². The second-order valence-electron chi connectivity index (χ2n) is 8.75. The summed E-state index contributed by atoms with van der Waals surface area (Å²) in [6.45, 7) is 1.80. The number of carbonyl (C=O) groups excluding carboxylic acids is 1. The summed E-state index contributed by atoms with van der Waals surface area (Å²) in [5.74, 6) is 1.12. The van der Waals surface area contributed by atoms with Crippen molar-refractivity contribution in [2.24, 2.45) is 5.10 Å². The van der Waals surface area contributed by atoms with Crippen LogP contribution in [0.1, 0.15) is 31.2 Å². The molecule has 0 saturated carbocycles. The lowest BCUT2D eigenvalue weighted by Crippen LogP contribution is -2.22. The van der Waals surface area contributed by atoms with Crippen LogP contribution >= 0.6 is 27.5 Å². The molecule has 1 amide bonds. The number of unbranched alkanes of at least 4 members (excludes halogenated alkanes) is 1. The number of fused-ring (bicyclic) bond motifs is 1. The molecule has 0 atom stereocenters. The van der Waals surface area contributed by atoms with Gasteiger partial charge in [0.15, 0.2) is 18.1 Å². The molecule has 0 aliphatic rings. The molecule has 0 saturated heterocycles. The van der Waals surface area contributed by atoms with Crippen LogP contribution in [0.15, 0.2) is 69.0 Å². The molecule has 4 aromatic rings. The van der Waals surface area contributed by atoms with E-state index in [0.29, 0.717) is 50.9 Å². The van der Waals surface area contributed by atoms with Gasteiger partial charge in [0.25, 0.3) is 11.5 Å². The Morgan fingerprint density at radius 2 is 1.80 bits per heavy atom. The lowest BCUT2D eigenvalue weighted by Gasteiger charge is -2.15. The molecule has 40 heavy (non-hydrogen) atoms. The highest BCUT2D eigenvalue weighted by molar-refractivity contribution is 9.10. The monoisotopic (exact) mass is 626 g/mol. The van der Waals surface area contributed by atoms with E-state index in [1.807, 2.05) is 12.1 Å². The Labute approximate surface area is 244 Å². The lowest BCUT2D eigenvalue weighted by molar-refractivity contribution is -0.118. The standard InChI is InChI=1S/C29H28BrClN4O5/c1-4-5-6-26-34-23-12-7-19(30)15-22(23)29(37)35(26)32-16-18-13-24(38-2)28(25(14-18)39-3)40-17-27(36)33-21-10-8-20(31)9-11-21/h7-16H,4-6,17H2,1-3H3,(H,33,36). The molecule has 0 spiro atoms. The van der Waals surface area contributed by atoms with Crippen molar-refractivity contribution in [3.05, 3.63) is 85.8 Å². The minimum absolute atomic E-state index is 0.256. The fraction of sp³-hybridized carbons (Fsp3) is 0.241. The summed E-state index contributed by atoms with van der Waals surface area (Å²) in [4.78, 5) is 30.5. The smallest absolute Gasteiger partial charge is 0.282 e. The molecule has 0 radical (unpaired) electrons. The number of hydrogen-bond donors (Lipinski definition) is 1. The highest BCUT2D eigenvalue weighted by atomic mass is 79.9. The summed E-state index contributed by atoms with van der Waals surface area (Å²) in [6.07, 6.45) is 3.95. The first-order valence-corrected chi connectivity index (χ1v) is 13.7. The largest absolute Gasteiger partial charge is 0.493 e. The predicted octanol–water partition coefficient (Wildman–Crippen LogP) is 6.07. The molecule has 0 bridgehead atoms. The summed E-state index contributed by atoms with van der Waals surface area (Å²) in [5.41, 5.74) is 1.54. The van der Waals surface area contributed by atoms with Crippen LogP contribution in [0.5, 0.6) is 17.2 Å². The molecule has 0 aliphatic carbocycles. The highest BCUT2D eigenvalue weighted by Crippen LogP contribution is 2.38. The van der Waals surface area contributed by atoms with Crippen molar-refractivity contribution in [1.82, 2.24) is 9.66 Å². The van der Waals surface area contributed by atoms with Crippen LogP contribution in [-0.4, -0.2) is 42.6 Å². The van der Waals surface area contributed by atoms with E-state index < -0.39 is 0 Å². The molecule has 0 unspecified atom stereocenters. The van der Waals surface area contributed by atoms with Gasteiger partial charge in [-0.2, -0.15) is 9.78 Å². The van der Waals surface area contributed by atoms with Crippen molar-refractivity contribution >= 4 is 56.2 Å². The van der Waals surface area contributed by atoms with Crippen LogP contribution in [0.3, 0.4) is 0 Å². The van der Waals surface area contributed by atoms with Gasteiger partial charge < -0.3 is 19.5 Å². The van der Waals surface area contributed by atoms with Gasteiger partial charge in [-0.15, -0.1) is 0 Å². The van der Waals surface area contributed by atoms with E-state index in [1.54, 1.807) is 42.5 Å². The Hall–Kier alpha value is -3.89. The Balaban J connectivity index is 1.61. The van der Waals surface area contributed by atoms with Crippen molar-refractivity contribution in [1.29, 1.82) is 0 Å². The zero-order valence-corrected chi connectivity index (χ0v) is 24.6. The lowest BCUT2D eigenvalue weighted by atomic mass is 10.2. The Bertz CT molecular complexity index is 1580. The quantitative estimate of drug-likeness (QED) is 0.203. The van der Waals surface area contributed by atoms with Crippen LogP contribution in [0.25, 0.3) is 10.9 Å². The van der Waals surface area contributed by atoms with Crippen molar-refractivity contribution in [3.8, 4) is 17.2 Å². The normalized spacial score (nSPS) is 11.1. The number of rotatable bonds is 11. The van der Waals surface area contributed by atoms with E-state index in [-0.39, 0.29) is 23.8 Å². The van der Waals surface area contributed by atoms with Crippen molar-refractivity contribution in [2.75, 3.05) is 26.1 Å². The number of aryl methyl sites for hydroxylation is 1. The summed E-state index contributed by atoms with van der Waals surface area (Å²) in [7, 11) is 2.96. The number of amides is 1. The van der Waals surface area contributed by atoms with Gasteiger partial charge in [0.05, 0.1) is 31.3 Å². The first-order chi connectivity index (χ1) is 19.3. The zero-order chi connectivity index (χ0) is 28.6. The van der Waals surface area contributed by atoms with Crippen molar-refractivity contribution in [3.63, 3.8) is 0 Å². The molecular formula is C29H28BrClN4O5. The minimum Gasteiger partial charge on any atom is -0.493 e. The third-order valence-electron chi connectivity index (χ3n) is 5.91. The topological polar surface area (TPSA) is 104 Å². The first-order valence-electron chi connectivity index (χ1n) is 12.5. The molecule has 1 heterocycles. The van der Waals surface area contributed by atoms with Gasteiger partial charge in [-0.1, -0.05) is 40.9 Å². The second-order valence-corrected chi connectivity index (χ2v) is 10.1. The molecule has 208 valence electrons. The van der Waals surface area contributed by atoms with Crippen LogP contribution in [0, 0.1) is 0 Å². The molecule has 1 N–H and O–H groups in total. The van der Waals surface area contributed by atoms with E-state index in [9.17, 15) is 9.59 Å². The summed E-state index contributed by atoms with van der Waals surface area (Å²) >= 11 is 9.32. The van der Waals surface area contributed by atoms with E-state index in [4.69, 9.17) is 30.8 Å². The number of anilines is 1. The number of aromatic nitrogens is 2. The van der Waals surface area contributed by atoms with E-state index in [0.717, 1.165) is 17.3 Å². The maximum atomic E-state index is 13.4. The van der Waals surface area contributed by atoms with E-state index >= 15 is 0 Å². The molecule has 11 heteroatoms. The molecule has 0 fully saturated rings. The summed E-state index contributed by atoms with van der Waals surface area (Å²) in [6, 6.07) is 15.5. The van der Waals surface area contributed by atoms with Crippen LogP contribution in [-0.2, 0) is 11.2 Å². The third kappa shape index (κ3) is 7.00. The summed E-state index contributed by atoms with van der Waals surface area (Å²) in [5, 5.41) is 8.26. The number of ether oxygens (including phenoxy) is 3. The Kier molecular flexibility index (Phi) is 9.79. The SMILES string of the molecule is CCCCc1nc2ccc(Br)cc2c(=O)n1N=Cc1cc(OC)c(OCC(=O)Nc2ccc(Cl)cc2)c(OC)c1. The predicted molar refractivity (Wildman–Crippen MR) is 160 cm³/mol. The number of benzene rings is 3. The molecule has 0 aliphatic heterocycles. The fourth-order valence-electron chi connectivity index (χ4n) is 3.92. The Morgan fingerprint density at radius 3 is 2.45 bits per heavy atom. The maximum absolute atomic E-state index is 13.4. The van der Waals surface area contributed by atoms with Gasteiger partial charge in [0.1, 0.15) is 5.82 Å². The number of nitrogens with zero attached hydrogens (tertiary/aromatic N) is 3. The van der Waals surface area contributed by atoms with Crippen molar-refractivity contribution < 1.29 is 19.0 Å². The average Bonchev–Trinajstić information content (AvgIpc) is 2.95. The maximum Gasteiger partial charge on any atom is 0.282 e. The highest BCUT2D eigenvalue weighted by Gasteiger charge is 2.16. The van der Waals surface area contributed by atoms with E-state index in [1.165, 1.54) is 25.1 Å². The molecule has 9 nitrogen and oxygen atoms in total. The average molecular weight is 628 g/mol.